The molecule has 38 heavy (non-hydrogen) atoms. The van der Waals surface area contributed by atoms with Crippen molar-refractivity contribution in [2.45, 2.75) is 25.3 Å². The Hall–Kier alpha value is -4.24. The van der Waals surface area contributed by atoms with Crippen LogP contribution in [0.1, 0.15) is 30.0 Å². The summed E-state index contributed by atoms with van der Waals surface area (Å²) in [6, 6.07) is 18.8. The second-order valence-corrected chi connectivity index (χ2v) is 10.4. The van der Waals surface area contributed by atoms with Gasteiger partial charge in [0.2, 0.25) is 5.91 Å². The first-order valence-corrected chi connectivity index (χ1v) is 13.0. The van der Waals surface area contributed by atoms with Crippen molar-refractivity contribution in [2.24, 2.45) is 0 Å². The molecule has 1 aliphatic rings. The summed E-state index contributed by atoms with van der Waals surface area (Å²) in [5, 5.41) is 10.5. The molecule has 3 aromatic heterocycles. The number of carbonyl (C=O) groups is 1. The van der Waals surface area contributed by atoms with Gasteiger partial charge < -0.3 is 15.5 Å². The molecule has 1 amide bonds. The van der Waals surface area contributed by atoms with Gasteiger partial charge in [-0.3, -0.25) is 9.48 Å². The van der Waals surface area contributed by atoms with Crippen molar-refractivity contribution < 1.29 is 4.79 Å². The molecule has 0 radical (unpaired) electrons. The number of nitrogen functional groups attached to an aromatic ring is 1. The van der Waals surface area contributed by atoms with Crippen LogP contribution in [0, 0.1) is 0 Å². The first-order chi connectivity index (χ1) is 18.5. The molecule has 2 aromatic carbocycles. The standard InChI is InChI=1S/C29H32N8O/c1-34(2)18-27(38)35-12-6-9-23(16-35)26-14-24(28-29(30)31-19-32-37(26)28)21-10-11-22-17-36(33-25(22)13-21)15-20-7-4-3-5-8-20/h3-5,7-8,10-11,13-14,17,19,23H,6,9,12,15-16,18H2,1-2H3,(H2,30,31,32)/t23-/m1/s1. The van der Waals surface area contributed by atoms with E-state index < -0.39 is 0 Å². The lowest BCUT2D eigenvalue weighted by molar-refractivity contribution is -0.133. The van der Waals surface area contributed by atoms with Crippen LogP contribution in [-0.2, 0) is 11.3 Å². The van der Waals surface area contributed by atoms with E-state index in [4.69, 9.17) is 10.8 Å². The molecule has 0 aliphatic carbocycles. The number of carbonyl (C=O) groups excluding carboxylic acids is 1. The Morgan fingerprint density at radius 1 is 1.13 bits per heavy atom. The highest BCUT2D eigenvalue weighted by molar-refractivity contribution is 5.92. The number of hydrogen-bond donors (Lipinski definition) is 1. The van der Waals surface area contributed by atoms with Crippen molar-refractivity contribution in [3.8, 4) is 11.1 Å². The van der Waals surface area contributed by atoms with E-state index in [0.29, 0.717) is 18.9 Å². The number of nitrogens with two attached hydrogens (primary N) is 1. The van der Waals surface area contributed by atoms with E-state index in [9.17, 15) is 4.79 Å². The quantitative estimate of drug-likeness (QED) is 0.376. The Morgan fingerprint density at radius 3 is 2.79 bits per heavy atom. The Labute approximate surface area is 221 Å². The highest BCUT2D eigenvalue weighted by Gasteiger charge is 2.28. The average molecular weight is 509 g/mol. The van der Waals surface area contributed by atoms with E-state index in [2.05, 4.69) is 52.7 Å². The molecule has 1 saturated heterocycles. The van der Waals surface area contributed by atoms with Gasteiger partial charge in [0.15, 0.2) is 5.82 Å². The molecule has 194 valence electrons. The van der Waals surface area contributed by atoms with Crippen LogP contribution in [0.3, 0.4) is 0 Å². The highest BCUT2D eigenvalue weighted by Crippen LogP contribution is 2.37. The minimum atomic E-state index is 0.159. The van der Waals surface area contributed by atoms with Gasteiger partial charge in [-0.1, -0.05) is 42.5 Å². The molecule has 0 unspecified atom stereocenters. The zero-order chi connectivity index (χ0) is 26.2. The average Bonchev–Trinajstić information content (AvgIpc) is 3.50. The second kappa shape index (κ2) is 9.90. The number of hydrogen-bond acceptors (Lipinski definition) is 6. The Kier molecular flexibility index (Phi) is 6.29. The fourth-order valence-corrected chi connectivity index (χ4v) is 5.50. The Morgan fingerprint density at radius 2 is 1.97 bits per heavy atom. The topological polar surface area (TPSA) is 97.6 Å². The monoisotopic (exact) mass is 508 g/mol. The highest BCUT2D eigenvalue weighted by atomic mass is 16.2. The zero-order valence-electron chi connectivity index (χ0n) is 21.8. The minimum absolute atomic E-state index is 0.159. The molecule has 0 saturated carbocycles. The van der Waals surface area contributed by atoms with E-state index in [-0.39, 0.29) is 11.8 Å². The van der Waals surface area contributed by atoms with Crippen LogP contribution in [0.25, 0.3) is 27.5 Å². The van der Waals surface area contributed by atoms with Gasteiger partial charge >= 0.3 is 0 Å². The van der Waals surface area contributed by atoms with Crippen LogP contribution in [0.4, 0.5) is 5.82 Å². The summed E-state index contributed by atoms with van der Waals surface area (Å²) >= 11 is 0. The van der Waals surface area contributed by atoms with Gasteiger partial charge in [-0.2, -0.15) is 10.2 Å². The molecule has 2 N–H and O–H groups in total. The molecule has 1 fully saturated rings. The molecule has 9 nitrogen and oxygen atoms in total. The lowest BCUT2D eigenvalue weighted by atomic mass is 9.94. The third-order valence-electron chi connectivity index (χ3n) is 7.31. The van der Waals surface area contributed by atoms with E-state index in [0.717, 1.165) is 59.2 Å². The lowest BCUT2D eigenvalue weighted by Gasteiger charge is -2.33. The second-order valence-electron chi connectivity index (χ2n) is 10.4. The maximum absolute atomic E-state index is 12.8. The lowest BCUT2D eigenvalue weighted by Crippen LogP contribution is -2.43. The number of piperidine rings is 1. The number of aromatic nitrogens is 5. The minimum Gasteiger partial charge on any atom is -0.382 e. The third kappa shape index (κ3) is 4.61. The van der Waals surface area contributed by atoms with Crippen LogP contribution in [0.15, 0.2) is 67.1 Å². The SMILES string of the molecule is CN(C)CC(=O)N1CCC[C@@H](c2cc(-c3ccc4cn(Cc5ccccc5)nc4c3)c3c(N)ncnn23)C1. The summed E-state index contributed by atoms with van der Waals surface area (Å²) in [6.45, 7) is 2.60. The molecule has 1 aliphatic heterocycles. The summed E-state index contributed by atoms with van der Waals surface area (Å²) in [5.74, 6) is 0.762. The normalized spacial score (nSPS) is 16.1. The predicted molar refractivity (Wildman–Crippen MR) is 149 cm³/mol. The van der Waals surface area contributed by atoms with Crippen molar-refractivity contribution in [3.63, 3.8) is 0 Å². The number of amides is 1. The summed E-state index contributed by atoms with van der Waals surface area (Å²) < 4.78 is 3.90. The number of benzene rings is 2. The fourth-order valence-electron chi connectivity index (χ4n) is 5.50. The molecule has 5 aromatic rings. The van der Waals surface area contributed by atoms with Gasteiger partial charge in [-0.05, 0) is 50.2 Å². The number of fused-ring (bicyclic) bond motifs is 2. The van der Waals surface area contributed by atoms with Gasteiger partial charge in [-0.15, -0.1) is 0 Å². The van der Waals surface area contributed by atoms with Crippen molar-refractivity contribution in [3.05, 3.63) is 78.4 Å². The molecule has 0 spiro atoms. The molecule has 4 heterocycles. The van der Waals surface area contributed by atoms with E-state index >= 15 is 0 Å². The Bertz CT molecular complexity index is 1600. The van der Waals surface area contributed by atoms with E-state index in [1.54, 1.807) is 0 Å². The number of likely N-dealkylation sites (tertiary alicyclic amines) is 1. The van der Waals surface area contributed by atoms with Crippen molar-refractivity contribution >= 4 is 28.1 Å². The zero-order valence-corrected chi connectivity index (χ0v) is 21.8. The maximum atomic E-state index is 12.8. The largest absolute Gasteiger partial charge is 0.382 e. The van der Waals surface area contributed by atoms with Crippen molar-refractivity contribution in [2.75, 3.05) is 39.5 Å². The van der Waals surface area contributed by atoms with Gasteiger partial charge in [0.25, 0.3) is 0 Å². The number of likely N-dealkylation sites (N-methyl/N-ethyl adjacent to an activating group) is 1. The maximum Gasteiger partial charge on any atom is 0.236 e. The molecule has 0 bridgehead atoms. The van der Waals surface area contributed by atoms with Gasteiger partial charge in [-0.25, -0.2) is 9.50 Å². The summed E-state index contributed by atoms with van der Waals surface area (Å²) in [4.78, 5) is 21.0. The number of rotatable bonds is 6. The number of nitrogens with zero attached hydrogens (tertiary/aromatic N) is 7. The van der Waals surface area contributed by atoms with Gasteiger partial charge in [0, 0.05) is 41.8 Å². The summed E-state index contributed by atoms with van der Waals surface area (Å²) in [7, 11) is 3.85. The first kappa shape index (κ1) is 24.1. The van der Waals surface area contributed by atoms with Gasteiger partial charge in [0.1, 0.15) is 11.8 Å². The molecule has 9 heteroatoms. The third-order valence-corrected chi connectivity index (χ3v) is 7.31. The van der Waals surface area contributed by atoms with Crippen LogP contribution < -0.4 is 5.73 Å². The summed E-state index contributed by atoms with van der Waals surface area (Å²) in [6.07, 6.45) is 5.53. The van der Waals surface area contributed by atoms with Gasteiger partial charge in [0.05, 0.1) is 18.6 Å². The van der Waals surface area contributed by atoms with E-state index in [1.165, 1.54) is 11.9 Å². The number of anilines is 1. The Balaban J connectivity index is 1.36. The van der Waals surface area contributed by atoms with Crippen LogP contribution in [-0.4, -0.2) is 73.8 Å². The fraction of sp³-hybridized carbons (Fsp3) is 0.310. The molecule has 1 atom stereocenters. The molecule has 6 rings (SSSR count). The molecular formula is C29H32N8O. The molecular weight excluding hydrogens is 476 g/mol. The predicted octanol–water partition coefficient (Wildman–Crippen LogP) is 3.64. The van der Waals surface area contributed by atoms with Crippen LogP contribution in [0.2, 0.25) is 0 Å². The van der Waals surface area contributed by atoms with Crippen molar-refractivity contribution in [1.29, 1.82) is 0 Å². The van der Waals surface area contributed by atoms with Crippen molar-refractivity contribution in [1.82, 2.24) is 34.2 Å². The summed E-state index contributed by atoms with van der Waals surface area (Å²) in [5.41, 5.74) is 12.4. The smallest absolute Gasteiger partial charge is 0.236 e. The first-order valence-electron chi connectivity index (χ1n) is 13.0. The van der Waals surface area contributed by atoms with Crippen LogP contribution >= 0.6 is 0 Å². The van der Waals surface area contributed by atoms with E-state index in [1.807, 2.05) is 51.3 Å². The van der Waals surface area contributed by atoms with Crippen LogP contribution in [0.5, 0.6) is 0 Å².